The average Bonchev–Trinajstić information content (AvgIpc) is 3.83. The number of hydrogen-bond donors (Lipinski definition) is 0. The standard InChI is InChI=1S/C54H36N2S/c1-4-15-37(16-5-1)38-27-29-39(30-28-38)54-44(40-31-33-47-46-22-11-13-26-52(46)57-53(47)35-40)23-14-25-51(54)55(41-17-6-2-7-18-41)43-32-34-50-48(36-43)45-21-10-12-24-49(45)56(50)42-19-8-3-9-20-42/h1-36H. The van der Waals surface area contributed by atoms with Gasteiger partial charge in [-0.3, -0.25) is 0 Å². The van der Waals surface area contributed by atoms with Crippen molar-refractivity contribution in [3.05, 3.63) is 218 Å². The molecule has 0 amide bonds. The lowest BCUT2D eigenvalue weighted by Gasteiger charge is -2.29. The summed E-state index contributed by atoms with van der Waals surface area (Å²) in [7, 11) is 0. The summed E-state index contributed by atoms with van der Waals surface area (Å²) in [5.74, 6) is 0. The molecule has 0 aliphatic rings. The topological polar surface area (TPSA) is 8.17 Å². The second-order valence-corrected chi connectivity index (χ2v) is 15.6. The molecule has 0 spiro atoms. The van der Waals surface area contributed by atoms with Gasteiger partial charge < -0.3 is 9.47 Å². The van der Waals surface area contributed by atoms with Crippen LogP contribution in [0.5, 0.6) is 0 Å². The molecule has 0 saturated heterocycles. The molecule has 0 aliphatic carbocycles. The van der Waals surface area contributed by atoms with Gasteiger partial charge in [-0.15, -0.1) is 11.3 Å². The van der Waals surface area contributed by atoms with E-state index in [-0.39, 0.29) is 0 Å². The van der Waals surface area contributed by atoms with Crippen molar-refractivity contribution in [3.8, 4) is 39.1 Å². The van der Waals surface area contributed by atoms with Crippen molar-refractivity contribution in [2.24, 2.45) is 0 Å². The smallest absolute Gasteiger partial charge is 0.0546 e. The first-order valence-electron chi connectivity index (χ1n) is 19.4. The highest BCUT2D eigenvalue weighted by atomic mass is 32.1. The Bertz CT molecular complexity index is 3220. The third kappa shape index (κ3) is 5.71. The molecule has 9 aromatic carbocycles. The van der Waals surface area contributed by atoms with Gasteiger partial charge in [-0.25, -0.2) is 0 Å². The fourth-order valence-corrected chi connectivity index (χ4v) is 9.73. The highest BCUT2D eigenvalue weighted by Gasteiger charge is 2.23. The van der Waals surface area contributed by atoms with Crippen LogP contribution in [-0.2, 0) is 0 Å². The van der Waals surface area contributed by atoms with Crippen LogP contribution in [0.4, 0.5) is 17.1 Å². The lowest BCUT2D eigenvalue weighted by molar-refractivity contribution is 1.18. The number of benzene rings is 9. The fraction of sp³-hybridized carbons (Fsp3) is 0. The Morgan fingerprint density at radius 2 is 0.965 bits per heavy atom. The van der Waals surface area contributed by atoms with Crippen molar-refractivity contribution in [2.75, 3.05) is 4.90 Å². The molecule has 0 fully saturated rings. The molecule has 3 heteroatoms. The number of anilines is 3. The average molecular weight is 745 g/mol. The summed E-state index contributed by atoms with van der Waals surface area (Å²) in [5, 5.41) is 5.06. The van der Waals surface area contributed by atoms with Gasteiger partial charge in [0.1, 0.15) is 0 Å². The van der Waals surface area contributed by atoms with E-state index in [1.807, 2.05) is 11.3 Å². The normalized spacial score (nSPS) is 11.5. The van der Waals surface area contributed by atoms with Crippen LogP contribution in [0.25, 0.3) is 81.0 Å². The maximum absolute atomic E-state index is 2.44. The molecule has 0 atom stereocenters. The first-order valence-corrected chi connectivity index (χ1v) is 20.2. The van der Waals surface area contributed by atoms with E-state index >= 15 is 0 Å². The number of rotatable bonds is 7. The Kier molecular flexibility index (Phi) is 8.04. The number of para-hydroxylation sites is 3. The summed E-state index contributed by atoms with van der Waals surface area (Å²) < 4.78 is 4.99. The van der Waals surface area contributed by atoms with Crippen LogP contribution in [0.15, 0.2) is 218 Å². The van der Waals surface area contributed by atoms with Crippen molar-refractivity contribution in [1.82, 2.24) is 4.57 Å². The molecule has 2 aromatic heterocycles. The zero-order valence-electron chi connectivity index (χ0n) is 31.1. The molecule has 0 radical (unpaired) electrons. The summed E-state index contributed by atoms with van der Waals surface area (Å²) in [5.41, 5.74) is 14.0. The third-order valence-electron chi connectivity index (χ3n) is 11.2. The lowest BCUT2D eigenvalue weighted by atomic mass is 9.90. The van der Waals surface area contributed by atoms with Crippen molar-refractivity contribution in [3.63, 3.8) is 0 Å². The van der Waals surface area contributed by atoms with Crippen LogP contribution in [0.1, 0.15) is 0 Å². The van der Waals surface area contributed by atoms with E-state index in [0.717, 1.165) is 22.7 Å². The van der Waals surface area contributed by atoms with E-state index in [9.17, 15) is 0 Å². The molecule has 0 unspecified atom stereocenters. The molecule has 11 rings (SSSR count). The van der Waals surface area contributed by atoms with Gasteiger partial charge in [-0.05, 0) is 94.5 Å². The Labute approximate surface area is 335 Å². The minimum Gasteiger partial charge on any atom is -0.310 e. The Morgan fingerprint density at radius 3 is 1.77 bits per heavy atom. The van der Waals surface area contributed by atoms with Gasteiger partial charge in [-0.1, -0.05) is 152 Å². The minimum absolute atomic E-state index is 1.10. The Hall–Kier alpha value is -7.20. The highest BCUT2D eigenvalue weighted by Crippen LogP contribution is 2.48. The van der Waals surface area contributed by atoms with Crippen LogP contribution >= 0.6 is 11.3 Å². The molecule has 2 heterocycles. The van der Waals surface area contributed by atoms with Crippen LogP contribution < -0.4 is 4.90 Å². The van der Waals surface area contributed by atoms with Crippen LogP contribution in [-0.4, -0.2) is 4.57 Å². The zero-order chi connectivity index (χ0) is 37.7. The van der Waals surface area contributed by atoms with Crippen LogP contribution in [0, 0.1) is 0 Å². The summed E-state index contributed by atoms with van der Waals surface area (Å²) >= 11 is 1.87. The van der Waals surface area contributed by atoms with Crippen molar-refractivity contribution in [2.45, 2.75) is 0 Å². The van der Waals surface area contributed by atoms with E-state index in [1.165, 1.54) is 75.4 Å². The van der Waals surface area contributed by atoms with Crippen molar-refractivity contribution >= 4 is 70.4 Å². The monoisotopic (exact) mass is 744 g/mol. The van der Waals surface area contributed by atoms with Gasteiger partial charge >= 0.3 is 0 Å². The van der Waals surface area contributed by atoms with Gasteiger partial charge in [0.2, 0.25) is 0 Å². The van der Waals surface area contributed by atoms with E-state index in [0.29, 0.717) is 0 Å². The number of fused-ring (bicyclic) bond motifs is 6. The quantitative estimate of drug-likeness (QED) is 0.158. The number of hydrogen-bond acceptors (Lipinski definition) is 2. The number of thiophene rings is 1. The Morgan fingerprint density at radius 1 is 0.351 bits per heavy atom. The third-order valence-corrected chi connectivity index (χ3v) is 12.3. The highest BCUT2D eigenvalue weighted by molar-refractivity contribution is 7.25. The summed E-state index contributed by atoms with van der Waals surface area (Å²) in [6.07, 6.45) is 0. The number of aromatic nitrogens is 1. The molecular formula is C54H36N2S. The maximum Gasteiger partial charge on any atom is 0.0546 e. The van der Waals surface area contributed by atoms with E-state index in [2.05, 4.69) is 228 Å². The Balaban J connectivity index is 1.16. The molecule has 268 valence electrons. The predicted molar refractivity (Wildman–Crippen MR) is 245 cm³/mol. The lowest BCUT2D eigenvalue weighted by Crippen LogP contribution is -2.11. The first kappa shape index (κ1) is 33.2. The van der Waals surface area contributed by atoms with Gasteiger partial charge in [0, 0.05) is 53.6 Å². The summed E-state index contributed by atoms with van der Waals surface area (Å²) in [6.45, 7) is 0. The maximum atomic E-state index is 2.44. The van der Waals surface area contributed by atoms with Gasteiger partial charge in [0.05, 0.1) is 16.7 Å². The molecular weight excluding hydrogens is 709 g/mol. The molecule has 11 aromatic rings. The molecule has 2 nitrogen and oxygen atoms in total. The molecule has 0 aliphatic heterocycles. The van der Waals surface area contributed by atoms with E-state index < -0.39 is 0 Å². The van der Waals surface area contributed by atoms with Crippen molar-refractivity contribution < 1.29 is 0 Å². The molecule has 57 heavy (non-hydrogen) atoms. The van der Waals surface area contributed by atoms with Gasteiger partial charge in [-0.2, -0.15) is 0 Å². The molecule has 0 saturated carbocycles. The SMILES string of the molecule is c1ccc(-c2ccc(-c3c(-c4ccc5c(c4)sc4ccccc45)cccc3N(c3ccccc3)c3ccc4c(c3)c3ccccc3n4-c3ccccc3)cc2)cc1. The fourth-order valence-electron chi connectivity index (χ4n) is 8.58. The van der Waals surface area contributed by atoms with Gasteiger partial charge in [0.15, 0.2) is 0 Å². The molecule has 0 bridgehead atoms. The van der Waals surface area contributed by atoms with Crippen LogP contribution in [0.3, 0.4) is 0 Å². The summed E-state index contributed by atoms with van der Waals surface area (Å²) in [6, 6.07) is 79.5. The second-order valence-electron chi connectivity index (χ2n) is 14.5. The van der Waals surface area contributed by atoms with E-state index in [1.54, 1.807) is 0 Å². The largest absolute Gasteiger partial charge is 0.310 e. The first-order chi connectivity index (χ1) is 28.3. The predicted octanol–water partition coefficient (Wildman–Crippen LogP) is 15.6. The summed E-state index contributed by atoms with van der Waals surface area (Å²) in [4.78, 5) is 2.44. The van der Waals surface area contributed by atoms with Crippen LogP contribution in [0.2, 0.25) is 0 Å². The molecule has 0 N–H and O–H groups in total. The second kappa shape index (κ2) is 13.8. The van der Waals surface area contributed by atoms with Gasteiger partial charge in [0.25, 0.3) is 0 Å². The minimum atomic E-state index is 1.10. The van der Waals surface area contributed by atoms with Crippen molar-refractivity contribution in [1.29, 1.82) is 0 Å². The van der Waals surface area contributed by atoms with E-state index in [4.69, 9.17) is 0 Å². The zero-order valence-corrected chi connectivity index (χ0v) is 31.9. The number of nitrogens with zero attached hydrogens (tertiary/aromatic N) is 2.